The summed E-state index contributed by atoms with van der Waals surface area (Å²) in [6.45, 7) is 4.02. The first-order chi connectivity index (χ1) is 14.6. The molecule has 0 bridgehead atoms. The van der Waals surface area contributed by atoms with Crippen molar-refractivity contribution >= 4 is 26.8 Å². The van der Waals surface area contributed by atoms with E-state index in [4.69, 9.17) is 4.74 Å². The van der Waals surface area contributed by atoms with Gasteiger partial charge in [-0.25, -0.2) is 4.98 Å². The zero-order chi connectivity index (χ0) is 20.9. The predicted molar refractivity (Wildman–Crippen MR) is 121 cm³/mol. The molecule has 0 amide bonds. The van der Waals surface area contributed by atoms with Gasteiger partial charge >= 0.3 is 0 Å². The minimum Gasteiger partial charge on any atom is -0.485 e. The number of rotatable bonds is 7. The van der Waals surface area contributed by atoms with Crippen molar-refractivity contribution in [3.05, 3.63) is 62.9 Å². The van der Waals surface area contributed by atoms with Crippen LogP contribution in [0.1, 0.15) is 24.4 Å². The Balaban J connectivity index is 1.53. The Morgan fingerprint density at radius 2 is 2.03 bits per heavy atom. The van der Waals surface area contributed by atoms with Crippen molar-refractivity contribution in [3.8, 4) is 5.75 Å². The third-order valence-electron chi connectivity index (χ3n) is 5.40. The first-order valence-corrected chi connectivity index (χ1v) is 11.0. The number of halogens is 1. The summed E-state index contributed by atoms with van der Waals surface area (Å²) in [6, 6.07) is 9.32. The van der Waals surface area contributed by atoms with Gasteiger partial charge in [0.05, 0.1) is 15.6 Å². The lowest BCUT2D eigenvalue weighted by molar-refractivity contribution is 0.233. The molecule has 2 aromatic heterocycles. The van der Waals surface area contributed by atoms with Gasteiger partial charge in [0.15, 0.2) is 0 Å². The van der Waals surface area contributed by atoms with Crippen molar-refractivity contribution in [1.82, 2.24) is 25.2 Å². The Morgan fingerprint density at radius 3 is 2.83 bits per heavy atom. The number of hydrogen-bond donors (Lipinski definition) is 2. The highest BCUT2D eigenvalue weighted by Gasteiger charge is 2.17. The number of nitrogens with zero attached hydrogens (tertiary/aromatic N) is 3. The zero-order valence-corrected chi connectivity index (χ0v) is 18.6. The number of fused-ring (bicyclic) bond motifs is 1. The topological polar surface area (TPSA) is 83.1 Å². The lowest BCUT2D eigenvalue weighted by Crippen LogP contribution is -2.34. The van der Waals surface area contributed by atoms with Gasteiger partial charge in [0.25, 0.3) is 5.56 Å². The Labute approximate surface area is 184 Å². The number of hydrogen-bond acceptors (Lipinski definition) is 6. The van der Waals surface area contributed by atoms with E-state index in [-0.39, 0.29) is 12.2 Å². The molecule has 0 spiro atoms. The summed E-state index contributed by atoms with van der Waals surface area (Å²) >= 11 is 3.47. The van der Waals surface area contributed by atoms with Crippen LogP contribution >= 0.6 is 15.9 Å². The number of pyridine rings is 1. The van der Waals surface area contributed by atoms with Gasteiger partial charge in [-0.05, 0) is 73.0 Å². The zero-order valence-electron chi connectivity index (χ0n) is 17.0. The summed E-state index contributed by atoms with van der Waals surface area (Å²) in [4.78, 5) is 27.0. The number of H-pyrrole nitrogens is 1. The summed E-state index contributed by atoms with van der Waals surface area (Å²) in [5.74, 6) is 1.88. The van der Waals surface area contributed by atoms with Gasteiger partial charge in [0, 0.05) is 19.3 Å². The smallest absolute Gasteiger partial charge is 0.258 e. The van der Waals surface area contributed by atoms with Gasteiger partial charge in [-0.15, -0.1) is 0 Å². The molecular weight excluding hydrogens is 446 g/mol. The lowest BCUT2D eigenvalue weighted by atomic mass is 9.97. The fourth-order valence-electron chi connectivity index (χ4n) is 3.88. The number of aromatic amines is 1. The molecule has 1 aliphatic heterocycles. The normalized spacial score (nSPS) is 15.0. The SMILES string of the molecule is CN(Cc1nccc2c(=O)[nH]c(COc3ccccc3Br)nc12)CC1CCNCC1. The van der Waals surface area contributed by atoms with Crippen LogP contribution in [0.4, 0.5) is 0 Å². The minimum absolute atomic E-state index is 0.171. The van der Waals surface area contributed by atoms with E-state index in [2.05, 4.69) is 48.1 Å². The highest BCUT2D eigenvalue weighted by molar-refractivity contribution is 9.10. The number of ether oxygens (including phenoxy) is 1. The Bertz CT molecular complexity index is 1060. The number of aromatic nitrogens is 3. The maximum Gasteiger partial charge on any atom is 0.258 e. The van der Waals surface area contributed by atoms with E-state index < -0.39 is 0 Å². The molecule has 8 heteroatoms. The highest BCUT2D eigenvalue weighted by atomic mass is 79.9. The van der Waals surface area contributed by atoms with Gasteiger partial charge in [-0.3, -0.25) is 9.78 Å². The third-order valence-corrected chi connectivity index (χ3v) is 6.05. The molecule has 7 nitrogen and oxygen atoms in total. The Morgan fingerprint density at radius 1 is 1.23 bits per heavy atom. The van der Waals surface area contributed by atoms with Crippen LogP contribution in [0.15, 0.2) is 45.8 Å². The predicted octanol–water partition coefficient (Wildman–Crippen LogP) is 3.09. The molecule has 0 aliphatic carbocycles. The molecule has 3 heterocycles. The van der Waals surface area contributed by atoms with E-state index in [9.17, 15) is 4.79 Å². The largest absolute Gasteiger partial charge is 0.485 e. The average molecular weight is 472 g/mol. The maximum absolute atomic E-state index is 12.6. The first kappa shape index (κ1) is 21.0. The number of para-hydroxylation sites is 1. The fourth-order valence-corrected chi connectivity index (χ4v) is 4.28. The molecule has 30 heavy (non-hydrogen) atoms. The van der Waals surface area contributed by atoms with Crippen LogP contribution in [0.5, 0.6) is 5.75 Å². The summed E-state index contributed by atoms with van der Waals surface area (Å²) in [5.41, 5.74) is 1.29. The Kier molecular flexibility index (Phi) is 6.76. The van der Waals surface area contributed by atoms with E-state index in [1.807, 2.05) is 24.3 Å². The second kappa shape index (κ2) is 9.68. The molecule has 1 saturated heterocycles. The minimum atomic E-state index is -0.171. The van der Waals surface area contributed by atoms with E-state index in [0.29, 0.717) is 34.9 Å². The van der Waals surface area contributed by atoms with E-state index in [1.165, 1.54) is 12.8 Å². The van der Waals surface area contributed by atoms with Crippen molar-refractivity contribution in [3.63, 3.8) is 0 Å². The number of nitrogens with one attached hydrogen (secondary N) is 2. The van der Waals surface area contributed by atoms with E-state index in [0.717, 1.165) is 29.8 Å². The lowest BCUT2D eigenvalue weighted by Gasteiger charge is -2.27. The molecule has 0 radical (unpaired) electrons. The number of piperidine rings is 1. The maximum atomic E-state index is 12.6. The van der Waals surface area contributed by atoms with Gasteiger partial charge in [0.2, 0.25) is 0 Å². The fraction of sp³-hybridized carbons (Fsp3) is 0.409. The second-order valence-electron chi connectivity index (χ2n) is 7.78. The molecule has 1 fully saturated rings. The van der Waals surface area contributed by atoms with Crippen molar-refractivity contribution in [2.45, 2.75) is 26.0 Å². The van der Waals surface area contributed by atoms with Crippen molar-refractivity contribution in [1.29, 1.82) is 0 Å². The molecule has 3 aromatic rings. The van der Waals surface area contributed by atoms with E-state index >= 15 is 0 Å². The molecule has 1 aliphatic rings. The summed E-state index contributed by atoms with van der Waals surface area (Å²) < 4.78 is 6.69. The summed E-state index contributed by atoms with van der Waals surface area (Å²) in [5, 5.41) is 3.96. The highest BCUT2D eigenvalue weighted by Crippen LogP contribution is 2.24. The third kappa shape index (κ3) is 5.06. The van der Waals surface area contributed by atoms with Crippen LogP contribution in [0.2, 0.25) is 0 Å². The van der Waals surface area contributed by atoms with Crippen LogP contribution in [0, 0.1) is 5.92 Å². The molecule has 0 atom stereocenters. The second-order valence-corrected chi connectivity index (χ2v) is 8.63. The van der Waals surface area contributed by atoms with Crippen molar-refractivity contribution in [2.75, 3.05) is 26.7 Å². The van der Waals surface area contributed by atoms with Crippen molar-refractivity contribution in [2.24, 2.45) is 5.92 Å². The molecule has 0 unspecified atom stereocenters. The van der Waals surface area contributed by atoms with Crippen LogP contribution in [-0.2, 0) is 13.2 Å². The number of benzene rings is 1. The van der Waals surface area contributed by atoms with Crippen molar-refractivity contribution < 1.29 is 4.74 Å². The molecule has 1 aromatic carbocycles. The van der Waals surface area contributed by atoms with Crippen LogP contribution < -0.4 is 15.6 Å². The molecule has 0 saturated carbocycles. The molecule has 4 rings (SSSR count). The molecular formula is C22H26BrN5O2. The summed E-state index contributed by atoms with van der Waals surface area (Å²) in [6.07, 6.45) is 4.08. The van der Waals surface area contributed by atoms with Crippen LogP contribution in [0.25, 0.3) is 10.9 Å². The van der Waals surface area contributed by atoms with E-state index in [1.54, 1.807) is 12.3 Å². The Hall–Kier alpha value is -2.29. The quantitative estimate of drug-likeness (QED) is 0.550. The van der Waals surface area contributed by atoms with Gasteiger partial charge in [0.1, 0.15) is 23.7 Å². The standard InChI is InChI=1S/C22H26BrN5O2/c1-28(12-15-6-9-24-10-7-15)13-18-21-16(8-11-25-18)22(29)27-20(26-21)14-30-19-5-3-2-4-17(19)23/h2-5,8,11,15,24H,6-7,9-10,12-14H2,1H3,(H,26,27,29). The molecule has 158 valence electrons. The van der Waals surface area contributed by atoms with Crippen LogP contribution in [0.3, 0.4) is 0 Å². The summed E-state index contributed by atoms with van der Waals surface area (Å²) in [7, 11) is 2.10. The van der Waals surface area contributed by atoms with Crippen LogP contribution in [-0.4, -0.2) is 46.5 Å². The van der Waals surface area contributed by atoms with Gasteiger partial charge in [-0.1, -0.05) is 12.1 Å². The molecule has 2 N–H and O–H groups in total. The van der Waals surface area contributed by atoms with Gasteiger partial charge < -0.3 is 19.9 Å². The first-order valence-electron chi connectivity index (χ1n) is 10.2. The monoisotopic (exact) mass is 471 g/mol. The van der Waals surface area contributed by atoms with Gasteiger partial charge in [-0.2, -0.15) is 0 Å². The average Bonchev–Trinajstić information content (AvgIpc) is 2.74.